The van der Waals surface area contributed by atoms with E-state index in [-0.39, 0.29) is 0 Å². The van der Waals surface area contributed by atoms with Gasteiger partial charge < -0.3 is 0 Å². The molecule has 0 aliphatic rings. The molecule has 1 rings (SSSR count). The van der Waals surface area contributed by atoms with Crippen molar-refractivity contribution in [1.29, 1.82) is 0 Å². The lowest BCUT2D eigenvalue weighted by molar-refractivity contribution is 1.57. The molecular formula is C11H11Br. The van der Waals surface area contributed by atoms with Gasteiger partial charge in [0, 0.05) is 4.48 Å². The molecule has 0 spiro atoms. The molecular weight excluding hydrogens is 212 g/mol. The quantitative estimate of drug-likeness (QED) is 0.664. The number of allylic oxidation sites excluding steroid dienone is 3. The molecule has 0 saturated carbocycles. The molecule has 0 saturated heterocycles. The zero-order chi connectivity index (χ0) is 8.97. The van der Waals surface area contributed by atoms with E-state index in [4.69, 9.17) is 0 Å². The summed E-state index contributed by atoms with van der Waals surface area (Å²) in [6.07, 6.45) is 2.01. The van der Waals surface area contributed by atoms with Crippen LogP contribution in [0.3, 0.4) is 0 Å². The van der Waals surface area contributed by atoms with Crippen LogP contribution in [0, 0.1) is 0 Å². The predicted octanol–water partition coefficient (Wildman–Crippen LogP) is 4.00. The van der Waals surface area contributed by atoms with E-state index in [2.05, 4.69) is 41.6 Å². The Labute approximate surface area is 81.7 Å². The maximum atomic E-state index is 3.76. The smallest absolute Gasteiger partial charge is 0.0106 e. The van der Waals surface area contributed by atoms with Crippen molar-refractivity contribution in [2.75, 3.05) is 0 Å². The van der Waals surface area contributed by atoms with E-state index in [0.29, 0.717) is 0 Å². The van der Waals surface area contributed by atoms with Gasteiger partial charge in [0.15, 0.2) is 0 Å². The lowest BCUT2D eigenvalue weighted by atomic mass is 10.1. The van der Waals surface area contributed by atoms with Crippen LogP contribution in [0.4, 0.5) is 0 Å². The van der Waals surface area contributed by atoms with Gasteiger partial charge in [0.2, 0.25) is 0 Å². The highest BCUT2D eigenvalue weighted by molar-refractivity contribution is 9.11. The maximum absolute atomic E-state index is 3.76. The van der Waals surface area contributed by atoms with Gasteiger partial charge in [0.05, 0.1) is 0 Å². The molecule has 1 aromatic carbocycles. The Morgan fingerprint density at radius 2 is 1.92 bits per heavy atom. The first-order valence-corrected chi connectivity index (χ1v) is 4.57. The fourth-order valence-electron chi connectivity index (χ4n) is 1.02. The highest BCUT2D eigenvalue weighted by Gasteiger charge is 1.92. The van der Waals surface area contributed by atoms with Gasteiger partial charge in [-0.1, -0.05) is 52.8 Å². The van der Waals surface area contributed by atoms with Gasteiger partial charge in [0.1, 0.15) is 0 Å². The molecule has 12 heavy (non-hydrogen) atoms. The number of benzene rings is 1. The summed E-state index contributed by atoms with van der Waals surface area (Å²) in [7, 11) is 0. The highest BCUT2D eigenvalue weighted by atomic mass is 79.9. The fraction of sp³-hybridized carbons (Fsp3) is 0.0909. The van der Waals surface area contributed by atoms with Crippen LogP contribution in [0.5, 0.6) is 0 Å². The van der Waals surface area contributed by atoms with Crippen molar-refractivity contribution in [3.8, 4) is 0 Å². The van der Waals surface area contributed by atoms with Crippen LogP contribution in [0.15, 0.2) is 47.5 Å². The molecule has 62 valence electrons. The molecule has 0 aliphatic carbocycles. The number of hydrogen-bond donors (Lipinski definition) is 0. The van der Waals surface area contributed by atoms with E-state index < -0.39 is 0 Å². The average molecular weight is 223 g/mol. The SMILES string of the molecule is C=C(Br)/C=C(\C)c1ccccc1. The Kier molecular flexibility index (Phi) is 3.30. The summed E-state index contributed by atoms with van der Waals surface area (Å²) in [5, 5.41) is 0. The second kappa shape index (κ2) is 4.27. The minimum atomic E-state index is 0.906. The molecule has 0 aliphatic heterocycles. The molecule has 0 atom stereocenters. The lowest BCUT2D eigenvalue weighted by Crippen LogP contribution is -1.76. The summed E-state index contributed by atoms with van der Waals surface area (Å²) in [6.45, 7) is 5.83. The van der Waals surface area contributed by atoms with Crippen molar-refractivity contribution in [2.45, 2.75) is 6.92 Å². The highest BCUT2D eigenvalue weighted by Crippen LogP contribution is 2.16. The Hall–Kier alpha value is -0.820. The fourth-order valence-corrected chi connectivity index (χ4v) is 1.36. The van der Waals surface area contributed by atoms with Crippen LogP contribution >= 0.6 is 15.9 Å². The van der Waals surface area contributed by atoms with Crippen LogP contribution in [0.2, 0.25) is 0 Å². The molecule has 0 radical (unpaired) electrons. The Morgan fingerprint density at radius 1 is 1.33 bits per heavy atom. The summed E-state index contributed by atoms with van der Waals surface area (Å²) >= 11 is 3.30. The topological polar surface area (TPSA) is 0 Å². The van der Waals surface area contributed by atoms with Gasteiger partial charge in [-0.3, -0.25) is 0 Å². The van der Waals surface area contributed by atoms with Gasteiger partial charge in [0.25, 0.3) is 0 Å². The third-order valence-corrected chi connectivity index (χ3v) is 1.83. The maximum Gasteiger partial charge on any atom is 0.0106 e. The molecule has 0 bridgehead atoms. The molecule has 0 aromatic heterocycles. The van der Waals surface area contributed by atoms with E-state index in [1.807, 2.05) is 24.3 Å². The van der Waals surface area contributed by atoms with Gasteiger partial charge in [-0.25, -0.2) is 0 Å². The summed E-state index contributed by atoms with van der Waals surface area (Å²) in [6, 6.07) is 10.2. The van der Waals surface area contributed by atoms with Crippen molar-refractivity contribution in [3.05, 3.63) is 53.0 Å². The lowest BCUT2D eigenvalue weighted by Gasteiger charge is -1.99. The van der Waals surface area contributed by atoms with E-state index >= 15 is 0 Å². The van der Waals surface area contributed by atoms with Crippen molar-refractivity contribution < 1.29 is 0 Å². The number of rotatable bonds is 2. The molecule has 1 aromatic rings. The van der Waals surface area contributed by atoms with E-state index in [1.165, 1.54) is 11.1 Å². The molecule has 0 N–H and O–H groups in total. The Balaban J connectivity index is 2.93. The monoisotopic (exact) mass is 222 g/mol. The van der Waals surface area contributed by atoms with Crippen LogP contribution in [0.1, 0.15) is 12.5 Å². The summed E-state index contributed by atoms with van der Waals surface area (Å²) in [5.74, 6) is 0. The first kappa shape index (κ1) is 9.27. The minimum absolute atomic E-state index is 0.906. The largest absolute Gasteiger partial charge is 0.0847 e. The Bertz CT molecular complexity index is 296. The van der Waals surface area contributed by atoms with Gasteiger partial charge >= 0.3 is 0 Å². The molecule has 0 heterocycles. The predicted molar refractivity (Wildman–Crippen MR) is 58.2 cm³/mol. The first-order valence-electron chi connectivity index (χ1n) is 3.78. The molecule has 1 heteroatoms. The third-order valence-electron chi connectivity index (χ3n) is 1.60. The standard InChI is InChI=1S/C11H11Br/c1-9(8-10(2)12)11-6-4-3-5-7-11/h3-8H,2H2,1H3/b9-8+. The molecule has 0 unspecified atom stereocenters. The number of hydrogen-bond acceptors (Lipinski definition) is 0. The van der Waals surface area contributed by atoms with Crippen molar-refractivity contribution in [2.24, 2.45) is 0 Å². The van der Waals surface area contributed by atoms with Crippen LogP contribution < -0.4 is 0 Å². The van der Waals surface area contributed by atoms with Crippen molar-refractivity contribution in [1.82, 2.24) is 0 Å². The van der Waals surface area contributed by atoms with Crippen LogP contribution in [-0.4, -0.2) is 0 Å². The van der Waals surface area contributed by atoms with Crippen molar-refractivity contribution in [3.63, 3.8) is 0 Å². The van der Waals surface area contributed by atoms with E-state index in [9.17, 15) is 0 Å². The number of halogens is 1. The third kappa shape index (κ3) is 2.67. The second-order valence-electron chi connectivity index (χ2n) is 2.64. The van der Waals surface area contributed by atoms with E-state index in [1.54, 1.807) is 0 Å². The zero-order valence-electron chi connectivity index (χ0n) is 7.05. The van der Waals surface area contributed by atoms with Crippen LogP contribution in [0.25, 0.3) is 5.57 Å². The second-order valence-corrected chi connectivity index (χ2v) is 3.66. The first-order chi connectivity index (χ1) is 5.70. The molecule has 0 amide bonds. The van der Waals surface area contributed by atoms with Gasteiger partial charge in [-0.2, -0.15) is 0 Å². The van der Waals surface area contributed by atoms with Crippen LogP contribution in [-0.2, 0) is 0 Å². The molecule has 0 nitrogen and oxygen atoms in total. The average Bonchev–Trinajstić information content (AvgIpc) is 2.05. The molecule has 0 fully saturated rings. The summed E-state index contributed by atoms with van der Waals surface area (Å²) < 4.78 is 0.906. The van der Waals surface area contributed by atoms with Gasteiger partial charge in [-0.15, -0.1) is 0 Å². The summed E-state index contributed by atoms with van der Waals surface area (Å²) in [5.41, 5.74) is 2.45. The van der Waals surface area contributed by atoms with E-state index in [0.717, 1.165) is 4.48 Å². The van der Waals surface area contributed by atoms with Crippen molar-refractivity contribution >= 4 is 21.5 Å². The van der Waals surface area contributed by atoms with Gasteiger partial charge in [-0.05, 0) is 24.1 Å². The summed E-state index contributed by atoms with van der Waals surface area (Å²) in [4.78, 5) is 0. The normalized spacial score (nSPS) is 11.3. The zero-order valence-corrected chi connectivity index (χ0v) is 8.64. The Morgan fingerprint density at radius 3 is 2.42 bits per heavy atom. The minimum Gasteiger partial charge on any atom is -0.0847 e.